The quantitative estimate of drug-likeness (QED) is 0.864. The number of nitrogens with one attached hydrogen (secondary N) is 1. The number of carboxylic acids is 1. The molecule has 0 saturated heterocycles. The maximum Gasteiger partial charge on any atom is 0.339 e. The number of carboxylic acid groups (broad SMARTS) is 1. The highest BCUT2D eigenvalue weighted by Gasteiger charge is 2.21. The molecule has 0 aliphatic heterocycles. The molecule has 20 heavy (non-hydrogen) atoms. The maximum absolute atomic E-state index is 11.4. The molecule has 2 atom stereocenters. The fourth-order valence-corrected chi connectivity index (χ4v) is 2.62. The third kappa shape index (κ3) is 3.11. The summed E-state index contributed by atoms with van der Waals surface area (Å²) in [6.45, 7) is 6.39. The van der Waals surface area contributed by atoms with E-state index in [1.165, 1.54) is 0 Å². The largest absolute Gasteiger partial charge is 0.478 e. The van der Waals surface area contributed by atoms with Gasteiger partial charge in [0.25, 0.3) is 0 Å². The van der Waals surface area contributed by atoms with E-state index >= 15 is 0 Å². The molecule has 0 fully saturated rings. The number of nitrogens with zero attached hydrogens (tertiary/aromatic N) is 1. The van der Waals surface area contributed by atoms with Crippen molar-refractivity contribution in [1.82, 2.24) is 4.98 Å². The lowest BCUT2D eigenvalue weighted by Crippen LogP contribution is -2.26. The Kier molecular flexibility index (Phi) is 4.63. The van der Waals surface area contributed by atoms with Crippen molar-refractivity contribution in [3.05, 3.63) is 22.9 Å². The summed E-state index contributed by atoms with van der Waals surface area (Å²) >= 11 is 0. The molecule has 0 amide bonds. The lowest BCUT2D eigenvalue weighted by Gasteiger charge is -2.23. The minimum atomic E-state index is -0.898. The fraction of sp³-hybridized carbons (Fsp3) is 0.625. The van der Waals surface area contributed by atoms with Gasteiger partial charge in [-0.3, -0.25) is 0 Å². The molecular weight excluding hydrogens is 252 g/mol. The van der Waals surface area contributed by atoms with Crippen LogP contribution in [0.15, 0.2) is 6.07 Å². The first-order valence-electron chi connectivity index (χ1n) is 7.55. The zero-order chi connectivity index (χ0) is 14.7. The number of anilines is 1. The van der Waals surface area contributed by atoms with Crippen molar-refractivity contribution >= 4 is 11.8 Å². The van der Waals surface area contributed by atoms with Gasteiger partial charge < -0.3 is 10.4 Å². The summed E-state index contributed by atoms with van der Waals surface area (Å²) in [6, 6.07) is 2.03. The Morgan fingerprint density at radius 3 is 2.75 bits per heavy atom. The van der Waals surface area contributed by atoms with Crippen LogP contribution in [0.5, 0.6) is 0 Å². The van der Waals surface area contributed by atoms with Gasteiger partial charge in [-0.15, -0.1) is 0 Å². The first-order chi connectivity index (χ1) is 9.52. The van der Waals surface area contributed by atoms with Crippen LogP contribution in [0.4, 0.5) is 5.82 Å². The average molecular weight is 276 g/mol. The summed E-state index contributed by atoms with van der Waals surface area (Å²) < 4.78 is 0. The van der Waals surface area contributed by atoms with Gasteiger partial charge in [0.1, 0.15) is 11.4 Å². The van der Waals surface area contributed by atoms with E-state index in [-0.39, 0.29) is 6.04 Å². The van der Waals surface area contributed by atoms with E-state index in [2.05, 4.69) is 31.1 Å². The van der Waals surface area contributed by atoms with E-state index in [1.807, 2.05) is 6.07 Å². The lowest BCUT2D eigenvalue weighted by atomic mass is 9.94. The Hall–Kier alpha value is -1.58. The molecule has 2 N–H and O–H groups in total. The first-order valence-corrected chi connectivity index (χ1v) is 7.55. The number of carbonyl (C=O) groups is 1. The predicted molar refractivity (Wildman–Crippen MR) is 80.4 cm³/mol. The summed E-state index contributed by atoms with van der Waals surface area (Å²) in [7, 11) is 0. The number of rotatable bonds is 5. The van der Waals surface area contributed by atoms with E-state index in [4.69, 9.17) is 0 Å². The lowest BCUT2D eigenvalue weighted by molar-refractivity contribution is 0.0697. The van der Waals surface area contributed by atoms with Crippen molar-refractivity contribution in [3.63, 3.8) is 0 Å². The normalized spacial score (nSPS) is 17.1. The third-order valence-corrected chi connectivity index (χ3v) is 4.39. The summed E-state index contributed by atoms with van der Waals surface area (Å²) in [6.07, 6.45) is 5.24. The van der Waals surface area contributed by atoms with E-state index in [0.29, 0.717) is 17.3 Å². The third-order valence-electron chi connectivity index (χ3n) is 4.39. The van der Waals surface area contributed by atoms with Gasteiger partial charge in [0.15, 0.2) is 0 Å². The van der Waals surface area contributed by atoms with Gasteiger partial charge in [0.05, 0.1) is 0 Å². The molecule has 2 rings (SSSR count). The molecule has 110 valence electrons. The number of hydrogen-bond donors (Lipinski definition) is 2. The molecule has 2 unspecified atom stereocenters. The predicted octanol–water partition coefficient (Wildman–Crippen LogP) is 3.51. The highest BCUT2D eigenvalue weighted by Crippen LogP contribution is 2.26. The minimum absolute atomic E-state index is 0.215. The molecule has 1 aliphatic rings. The van der Waals surface area contributed by atoms with Crippen LogP contribution in [0.3, 0.4) is 0 Å². The highest BCUT2D eigenvalue weighted by molar-refractivity contribution is 5.93. The average Bonchev–Trinajstić information content (AvgIpc) is 2.45. The number of aryl methyl sites for hydroxylation is 2. The van der Waals surface area contributed by atoms with Gasteiger partial charge in [-0.2, -0.15) is 0 Å². The first kappa shape index (κ1) is 14.8. The van der Waals surface area contributed by atoms with Crippen molar-refractivity contribution in [3.8, 4) is 0 Å². The number of aromatic carboxylic acids is 1. The minimum Gasteiger partial charge on any atom is -0.478 e. The van der Waals surface area contributed by atoms with E-state index in [0.717, 1.165) is 43.4 Å². The second-order valence-corrected chi connectivity index (χ2v) is 5.82. The summed E-state index contributed by atoms with van der Waals surface area (Å²) in [5.74, 6) is 0.116. The van der Waals surface area contributed by atoms with Crippen LogP contribution in [-0.4, -0.2) is 22.1 Å². The zero-order valence-electron chi connectivity index (χ0n) is 12.6. The van der Waals surface area contributed by atoms with Crippen LogP contribution in [0.1, 0.15) is 61.6 Å². The SMILES string of the molecule is CCC(C)C(C)Nc1nc2c(cc1C(=O)O)CCCC2. The Morgan fingerprint density at radius 2 is 2.10 bits per heavy atom. The topological polar surface area (TPSA) is 62.2 Å². The van der Waals surface area contributed by atoms with Crippen molar-refractivity contribution in [1.29, 1.82) is 0 Å². The van der Waals surface area contributed by atoms with Gasteiger partial charge >= 0.3 is 5.97 Å². The second-order valence-electron chi connectivity index (χ2n) is 5.82. The molecule has 0 aromatic carbocycles. The molecule has 1 aromatic heterocycles. The molecule has 4 heteroatoms. The molecule has 4 nitrogen and oxygen atoms in total. The van der Waals surface area contributed by atoms with Crippen molar-refractivity contribution in [2.75, 3.05) is 5.32 Å². The van der Waals surface area contributed by atoms with E-state index < -0.39 is 5.97 Å². The van der Waals surface area contributed by atoms with Crippen LogP contribution in [0, 0.1) is 5.92 Å². The van der Waals surface area contributed by atoms with Crippen molar-refractivity contribution in [2.24, 2.45) is 5.92 Å². The van der Waals surface area contributed by atoms with Crippen LogP contribution < -0.4 is 5.32 Å². The number of pyridine rings is 1. The van der Waals surface area contributed by atoms with Crippen LogP contribution >= 0.6 is 0 Å². The van der Waals surface area contributed by atoms with Crippen LogP contribution in [0.2, 0.25) is 0 Å². The molecule has 0 bridgehead atoms. The van der Waals surface area contributed by atoms with Crippen LogP contribution in [-0.2, 0) is 12.8 Å². The zero-order valence-corrected chi connectivity index (χ0v) is 12.6. The van der Waals surface area contributed by atoms with Gasteiger partial charge in [-0.05, 0) is 50.2 Å². The number of aromatic nitrogens is 1. The van der Waals surface area contributed by atoms with Crippen molar-refractivity contribution < 1.29 is 9.90 Å². The second kappa shape index (κ2) is 6.25. The van der Waals surface area contributed by atoms with Gasteiger partial charge in [-0.1, -0.05) is 20.3 Å². The Labute approximate surface area is 120 Å². The monoisotopic (exact) mass is 276 g/mol. The van der Waals surface area contributed by atoms with Gasteiger partial charge in [0.2, 0.25) is 0 Å². The van der Waals surface area contributed by atoms with E-state index in [1.54, 1.807) is 0 Å². The molecule has 0 radical (unpaired) electrons. The summed E-state index contributed by atoms with van der Waals surface area (Å²) in [5, 5.41) is 12.7. The standard InChI is InChI=1S/C16H24N2O2/c1-4-10(2)11(3)17-15-13(16(19)20)9-12-7-5-6-8-14(12)18-15/h9-11H,4-8H2,1-3H3,(H,17,18)(H,19,20). The Balaban J connectivity index is 2.32. The summed E-state index contributed by atoms with van der Waals surface area (Å²) in [4.78, 5) is 16.0. The maximum atomic E-state index is 11.4. The number of fused-ring (bicyclic) bond motifs is 1. The Morgan fingerprint density at radius 1 is 1.40 bits per heavy atom. The molecule has 1 aliphatic carbocycles. The Bertz CT molecular complexity index is 499. The summed E-state index contributed by atoms with van der Waals surface area (Å²) in [5.41, 5.74) is 2.48. The highest BCUT2D eigenvalue weighted by atomic mass is 16.4. The molecule has 0 spiro atoms. The fourth-order valence-electron chi connectivity index (χ4n) is 2.62. The van der Waals surface area contributed by atoms with E-state index in [9.17, 15) is 9.90 Å². The smallest absolute Gasteiger partial charge is 0.339 e. The molecule has 1 heterocycles. The van der Waals surface area contributed by atoms with Crippen molar-refractivity contribution in [2.45, 2.75) is 58.9 Å². The molecule has 0 saturated carbocycles. The molecular formula is C16H24N2O2. The molecule has 1 aromatic rings. The van der Waals surface area contributed by atoms with Gasteiger partial charge in [-0.25, -0.2) is 9.78 Å². The van der Waals surface area contributed by atoms with Gasteiger partial charge in [0, 0.05) is 11.7 Å². The van der Waals surface area contributed by atoms with Crippen LogP contribution in [0.25, 0.3) is 0 Å². The number of hydrogen-bond acceptors (Lipinski definition) is 3.